The van der Waals surface area contributed by atoms with E-state index in [2.05, 4.69) is 4.98 Å². The lowest BCUT2D eigenvalue weighted by Gasteiger charge is -2.17. The maximum atomic E-state index is 12.7. The highest BCUT2D eigenvalue weighted by atomic mass is 16.4. The molecule has 27 heavy (non-hydrogen) atoms. The fourth-order valence-corrected chi connectivity index (χ4v) is 2.96. The van der Waals surface area contributed by atoms with Crippen LogP contribution in [0.3, 0.4) is 0 Å². The predicted octanol–water partition coefficient (Wildman–Crippen LogP) is 3.32. The Labute approximate surface area is 155 Å². The minimum Gasteiger partial charge on any atom is -0.408 e. The third kappa shape index (κ3) is 3.25. The number of benzene rings is 2. The van der Waals surface area contributed by atoms with Crippen LogP contribution < -0.4 is 10.7 Å². The molecule has 0 aliphatic rings. The molecule has 0 spiro atoms. The smallest absolute Gasteiger partial charge is 0.408 e. The molecule has 0 bridgehead atoms. The lowest BCUT2D eigenvalue weighted by Crippen LogP contribution is -2.32. The van der Waals surface area contributed by atoms with Gasteiger partial charge in [0.2, 0.25) is 5.91 Å². The van der Waals surface area contributed by atoms with Crippen LogP contribution in [-0.4, -0.2) is 22.5 Å². The summed E-state index contributed by atoms with van der Waals surface area (Å²) >= 11 is 0. The first kappa shape index (κ1) is 16.8. The second-order valence-corrected chi connectivity index (χ2v) is 6.17. The van der Waals surface area contributed by atoms with Gasteiger partial charge < -0.3 is 9.32 Å². The number of para-hydroxylation sites is 1. The fraction of sp³-hybridized carbons (Fsp3) is 0.0952. The molecule has 134 valence electrons. The van der Waals surface area contributed by atoms with E-state index in [-0.39, 0.29) is 12.5 Å². The van der Waals surface area contributed by atoms with Gasteiger partial charge in [0.05, 0.1) is 5.52 Å². The Morgan fingerprint density at radius 2 is 1.89 bits per heavy atom. The van der Waals surface area contributed by atoms with Crippen molar-refractivity contribution in [3.8, 4) is 11.1 Å². The molecule has 0 unspecified atom stereocenters. The largest absolute Gasteiger partial charge is 0.420 e. The van der Waals surface area contributed by atoms with E-state index in [1.54, 1.807) is 25.5 Å². The van der Waals surface area contributed by atoms with Gasteiger partial charge in [-0.1, -0.05) is 30.3 Å². The van der Waals surface area contributed by atoms with Crippen LogP contribution in [0.15, 0.2) is 82.3 Å². The van der Waals surface area contributed by atoms with E-state index >= 15 is 0 Å². The lowest BCUT2D eigenvalue weighted by molar-refractivity contribution is -0.118. The van der Waals surface area contributed by atoms with Gasteiger partial charge in [-0.15, -0.1) is 0 Å². The summed E-state index contributed by atoms with van der Waals surface area (Å²) in [6, 6.07) is 18.5. The van der Waals surface area contributed by atoms with Gasteiger partial charge in [0.1, 0.15) is 6.54 Å². The molecule has 0 atom stereocenters. The van der Waals surface area contributed by atoms with Crippen molar-refractivity contribution in [1.29, 1.82) is 0 Å². The molecule has 6 nitrogen and oxygen atoms in total. The first-order valence-corrected chi connectivity index (χ1v) is 8.49. The van der Waals surface area contributed by atoms with E-state index in [1.165, 1.54) is 9.47 Å². The van der Waals surface area contributed by atoms with Gasteiger partial charge in [-0.25, -0.2) is 4.79 Å². The SMILES string of the molecule is CN(C(=O)Cn1c(=O)oc2ccc(-c3cccnc3)cc21)c1ccccc1. The lowest BCUT2D eigenvalue weighted by atomic mass is 10.1. The van der Waals surface area contributed by atoms with Crippen molar-refractivity contribution in [1.82, 2.24) is 9.55 Å². The molecule has 1 amide bonds. The number of likely N-dealkylation sites (N-methyl/N-ethyl adjacent to an activating group) is 1. The van der Waals surface area contributed by atoms with Crippen molar-refractivity contribution in [2.24, 2.45) is 0 Å². The van der Waals surface area contributed by atoms with Crippen LogP contribution in [0, 0.1) is 0 Å². The number of amides is 1. The van der Waals surface area contributed by atoms with Crippen LogP contribution in [0.2, 0.25) is 0 Å². The zero-order chi connectivity index (χ0) is 18.8. The van der Waals surface area contributed by atoms with Crippen molar-refractivity contribution < 1.29 is 9.21 Å². The summed E-state index contributed by atoms with van der Waals surface area (Å²) in [5, 5.41) is 0. The Bertz CT molecular complexity index is 1150. The Morgan fingerprint density at radius 3 is 2.63 bits per heavy atom. The standard InChI is InChI=1S/C21H17N3O3/c1-23(17-7-3-2-4-8-17)20(25)14-24-18-12-15(16-6-5-11-22-13-16)9-10-19(18)27-21(24)26/h2-13H,14H2,1H3. The molecular formula is C21H17N3O3. The molecule has 0 saturated heterocycles. The highest BCUT2D eigenvalue weighted by molar-refractivity contribution is 5.93. The summed E-state index contributed by atoms with van der Waals surface area (Å²) in [6.07, 6.45) is 3.45. The zero-order valence-corrected chi connectivity index (χ0v) is 14.7. The second-order valence-electron chi connectivity index (χ2n) is 6.17. The molecule has 2 aromatic heterocycles. The third-order valence-corrected chi connectivity index (χ3v) is 4.47. The predicted molar refractivity (Wildman–Crippen MR) is 104 cm³/mol. The highest BCUT2D eigenvalue weighted by Gasteiger charge is 2.17. The summed E-state index contributed by atoms with van der Waals surface area (Å²) < 4.78 is 6.66. The van der Waals surface area contributed by atoms with E-state index in [9.17, 15) is 9.59 Å². The Kier molecular flexibility index (Phi) is 4.30. The number of hydrogen-bond donors (Lipinski definition) is 0. The van der Waals surface area contributed by atoms with Gasteiger partial charge in [-0.3, -0.25) is 14.3 Å². The van der Waals surface area contributed by atoms with Gasteiger partial charge in [-0.2, -0.15) is 0 Å². The van der Waals surface area contributed by atoms with Crippen molar-refractivity contribution in [2.75, 3.05) is 11.9 Å². The van der Waals surface area contributed by atoms with E-state index in [1.807, 2.05) is 54.6 Å². The number of hydrogen-bond acceptors (Lipinski definition) is 4. The Hall–Kier alpha value is -3.67. The number of rotatable bonds is 4. The van der Waals surface area contributed by atoms with Crippen LogP contribution in [0.4, 0.5) is 5.69 Å². The number of pyridine rings is 1. The molecule has 0 saturated carbocycles. The average Bonchev–Trinajstić information content (AvgIpc) is 3.03. The maximum absolute atomic E-state index is 12.7. The number of oxazole rings is 1. The highest BCUT2D eigenvalue weighted by Crippen LogP contribution is 2.23. The molecule has 0 radical (unpaired) electrons. The molecule has 2 aromatic carbocycles. The molecule has 6 heteroatoms. The topological polar surface area (TPSA) is 68.3 Å². The van der Waals surface area contributed by atoms with Crippen LogP contribution in [0.1, 0.15) is 0 Å². The number of aromatic nitrogens is 2. The van der Waals surface area contributed by atoms with Crippen LogP contribution >= 0.6 is 0 Å². The molecule has 0 fully saturated rings. The summed E-state index contributed by atoms with van der Waals surface area (Å²) in [5.74, 6) is -0.763. The minimum atomic E-state index is -0.553. The van der Waals surface area contributed by atoms with E-state index < -0.39 is 5.76 Å². The van der Waals surface area contributed by atoms with Crippen molar-refractivity contribution >= 4 is 22.7 Å². The summed E-state index contributed by atoms with van der Waals surface area (Å²) in [6.45, 7) is -0.103. The Balaban J connectivity index is 1.70. The van der Waals surface area contributed by atoms with Crippen LogP contribution in [0.25, 0.3) is 22.2 Å². The monoisotopic (exact) mass is 359 g/mol. The zero-order valence-electron chi connectivity index (χ0n) is 14.7. The number of nitrogens with zero attached hydrogens (tertiary/aromatic N) is 3. The summed E-state index contributed by atoms with van der Waals surface area (Å²) in [5.41, 5.74) is 3.61. The van der Waals surface area contributed by atoms with Crippen LogP contribution in [0.5, 0.6) is 0 Å². The first-order chi connectivity index (χ1) is 13.1. The number of carbonyl (C=O) groups is 1. The normalized spacial score (nSPS) is 10.9. The molecular weight excluding hydrogens is 342 g/mol. The van der Waals surface area contributed by atoms with Gasteiger partial charge in [0.15, 0.2) is 5.58 Å². The van der Waals surface area contributed by atoms with Gasteiger partial charge in [0, 0.05) is 30.7 Å². The molecule has 2 heterocycles. The number of fused-ring (bicyclic) bond motifs is 1. The van der Waals surface area contributed by atoms with Crippen molar-refractivity contribution in [3.05, 3.63) is 83.6 Å². The average molecular weight is 359 g/mol. The molecule has 4 aromatic rings. The molecule has 4 rings (SSSR count). The number of carbonyl (C=O) groups excluding carboxylic acids is 1. The van der Waals surface area contributed by atoms with Crippen molar-refractivity contribution in [3.63, 3.8) is 0 Å². The minimum absolute atomic E-state index is 0.103. The fourth-order valence-electron chi connectivity index (χ4n) is 2.96. The van der Waals surface area contributed by atoms with Crippen LogP contribution in [-0.2, 0) is 11.3 Å². The molecule has 0 N–H and O–H groups in total. The molecule has 0 aliphatic heterocycles. The Morgan fingerprint density at radius 1 is 1.07 bits per heavy atom. The third-order valence-electron chi connectivity index (χ3n) is 4.47. The first-order valence-electron chi connectivity index (χ1n) is 8.49. The van der Waals surface area contributed by atoms with Gasteiger partial charge >= 0.3 is 5.76 Å². The molecule has 0 aliphatic carbocycles. The maximum Gasteiger partial charge on any atom is 0.420 e. The number of anilines is 1. The van der Waals surface area contributed by atoms with Gasteiger partial charge in [-0.05, 0) is 35.9 Å². The quantitative estimate of drug-likeness (QED) is 0.561. The second kappa shape index (κ2) is 6.92. The summed E-state index contributed by atoms with van der Waals surface area (Å²) in [4.78, 5) is 30.6. The van der Waals surface area contributed by atoms with E-state index in [0.717, 1.165) is 16.8 Å². The van der Waals surface area contributed by atoms with Crippen molar-refractivity contribution in [2.45, 2.75) is 6.54 Å². The van der Waals surface area contributed by atoms with Gasteiger partial charge in [0.25, 0.3) is 0 Å². The van der Waals surface area contributed by atoms with E-state index in [4.69, 9.17) is 4.42 Å². The summed E-state index contributed by atoms with van der Waals surface area (Å²) in [7, 11) is 1.69. The van der Waals surface area contributed by atoms with E-state index in [0.29, 0.717) is 11.1 Å².